The van der Waals surface area contributed by atoms with Gasteiger partial charge in [-0.2, -0.15) is 0 Å². The average molecular weight is 275 g/mol. The zero-order valence-electron chi connectivity index (χ0n) is 11.1. The van der Waals surface area contributed by atoms with Gasteiger partial charge in [0.2, 0.25) is 4.38 Å². The Kier molecular flexibility index (Phi) is 20.3. The molecule has 0 amide bonds. The normalized spacial score (nSPS) is 9.47. The molecule has 0 fully saturated rings. The van der Waals surface area contributed by atoms with Crippen molar-refractivity contribution in [3.8, 4) is 0 Å². The Hall–Kier alpha value is 1.88. The van der Waals surface area contributed by atoms with Crippen LogP contribution in [0.5, 0.6) is 0 Å². The second kappa shape index (κ2) is 15.9. The second-order valence-electron chi connectivity index (χ2n) is 3.59. The van der Waals surface area contributed by atoms with Crippen molar-refractivity contribution in [3.63, 3.8) is 0 Å². The quantitative estimate of drug-likeness (QED) is 0.295. The fourth-order valence-electron chi connectivity index (χ4n) is 1.40. The summed E-state index contributed by atoms with van der Waals surface area (Å²) in [4.78, 5) is 0. The fraction of sp³-hybridized carbons (Fsp3) is 0.909. The third-order valence-corrected chi connectivity index (χ3v) is 2.47. The zero-order chi connectivity index (χ0) is 10.6. The van der Waals surface area contributed by atoms with E-state index in [0.717, 1.165) is 13.0 Å². The monoisotopic (exact) mass is 274 g/mol. The van der Waals surface area contributed by atoms with Gasteiger partial charge in [-0.25, -0.2) is 0 Å². The van der Waals surface area contributed by atoms with Crippen molar-refractivity contribution in [1.82, 2.24) is 0 Å². The van der Waals surface area contributed by atoms with Gasteiger partial charge in [0.05, 0.1) is 6.61 Å². The molecular weight excluding hydrogens is 251 g/mol. The first-order chi connectivity index (χ1) is 6.77. The van der Waals surface area contributed by atoms with Gasteiger partial charge < -0.3 is 6.16 Å². The molecule has 86 valence electrons. The molecule has 0 rings (SSSR count). The Morgan fingerprint density at radius 2 is 1.53 bits per heavy atom. The van der Waals surface area contributed by atoms with E-state index in [4.69, 9.17) is 4.74 Å². The number of hydrogen-bond acceptors (Lipinski definition) is 2. The van der Waals surface area contributed by atoms with Crippen molar-refractivity contribution >= 4 is 29.2 Å². The third-order valence-electron chi connectivity index (χ3n) is 2.22. The molecule has 0 aliphatic carbocycles. The zero-order valence-corrected chi connectivity index (χ0v) is 15.0. The van der Waals surface area contributed by atoms with E-state index >= 15 is 0 Å². The molecule has 15 heavy (non-hydrogen) atoms. The minimum Gasteiger partial charge on any atom is -1.00 e. The van der Waals surface area contributed by atoms with Crippen LogP contribution in [-0.2, 0) is 4.74 Å². The predicted molar refractivity (Wildman–Crippen MR) is 71.3 cm³/mol. The molecule has 0 saturated carbocycles. The van der Waals surface area contributed by atoms with Crippen LogP contribution in [0.3, 0.4) is 0 Å². The molecule has 0 unspecified atom stereocenters. The molecule has 0 aromatic carbocycles. The molecule has 0 aliphatic heterocycles. The molecule has 0 N–H and O–H groups in total. The summed E-state index contributed by atoms with van der Waals surface area (Å²) in [5, 5.41) is 0. The average Bonchev–Trinajstić information content (AvgIpc) is 2.15. The van der Waals surface area contributed by atoms with E-state index in [2.05, 4.69) is 31.8 Å². The summed E-state index contributed by atoms with van der Waals surface area (Å²) >= 11 is 8.58. The Morgan fingerprint density at radius 3 is 2.00 bits per heavy atom. The standard InChI is InChI=1S/C11H22OS2.K.H/c1-2-3-4-5-6-7-8-9-10-12-11(13)14;;/h2-10H2,1H3,(H,13,14);;/q;+1;-1. The Labute approximate surface area is 149 Å². The van der Waals surface area contributed by atoms with Crippen LogP contribution in [0.1, 0.15) is 59.7 Å². The van der Waals surface area contributed by atoms with Crippen LogP contribution < -0.4 is 51.4 Å². The fourth-order valence-corrected chi connectivity index (χ4v) is 1.57. The van der Waals surface area contributed by atoms with Crippen molar-refractivity contribution in [3.05, 3.63) is 0 Å². The molecule has 0 heterocycles. The van der Waals surface area contributed by atoms with Gasteiger partial charge in [0.1, 0.15) is 0 Å². The van der Waals surface area contributed by atoms with E-state index in [1.54, 1.807) is 0 Å². The summed E-state index contributed by atoms with van der Waals surface area (Å²) in [6, 6.07) is 0. The van der Waals surface area contributed by atoms with Crippen molar-refractivity contribution in [2.24, 2.45) is 0 Å². The first-order valence-corrected chi connectivity index (χ1v) is 6.48. The largest absolute Gasteiger partial charge is 1.00 e. The van der Waals surface area contributed by atoms with Crippen LogP contribution in [0.2, 0.25) is 0 Å². The van der Waals surface area contributed by atoms with E-state index in [1.807, 2.05) is 0 Å². The number of rotatable bonds is 9. The minimum atomic E-state index is 0. The van der Waals surface area contributed by atoms with Crippen LogP contribution >= 0.6 is 24.8 Å². The van der Waals surface area contributed by atoms with Gasteiger partial charge in [0.15, 0.2) is 0 Å². The summed E-state index contributed by atoms with van der Waals surface area (Å²) in [5.74, 6) is 0. The second-order valence-corrected chi connectivity index (χ2v) is 4.67. The Bertz CT molecular complexity index is 148. The summed E-state index contributed by atoms with van der Waals surface area (Å²) in [5.41, 5.74) is 0. The van der Waals surface area contributed by atoms with Gasteiger partial charge in [-0.3, -0.25) is 0 Å². The molecule has 0 saturated heterocycles. The number of thiol groups is 1. The number of unbranched alkanes of at least 4 members (excludes halogenated alkanes) is 7. The van der Waals surface area contributed by atoms with Crippen LogP contribution in [0.15, 0.2) is 0 Å². The summed E-state index contributed by atoms with van der Waals surface area (Å²) in [7, 11) is 0. The summed E-state index contributed by atoms with van der Waals surface area (Å²) in [6.07, 6.45) is 10.5. The smallest absolute Gasteiger partial charge is 1.00 e. The van der Waals surface area contributed by atoms with E-state index in [0.29, 0.717) is 4.38 Å². The Morgan fingerprint density at radius 1 is 1.07 bits per heavy atom. The van der Waals surface area contributed by atoms with Gasteiger partial charge in [0, 0.05) is 0 Å². The number of thiocarbonyl (C=S) groups is 1. The molecule has 0 aromatic rings. The third kappa shape index (κ3) is 18.4. The molecule has 1 nitrogen and oxygen atoms in total. The first-order valence-electron chi connectivity index (χ1n) is 5.63. The van der Waals surface area contributed by atoms with Crippen molar-refractivity contribution in [2.45, 2.75) is 58.3 Å². The number of ether oxygens (including phenoxy) is 1. The minimum absolute atomic E-state index is 0. The number of hydrogen-bond donors (Lipinski definition) is 1. The molecule has 0 aliphatic rings. The topological polar surface area (TPSA) is 9.23 Å². The van der Waals surface area contributed by atoms with Crippen LogP contribution in [0.25, 0.3) is 0 Å². The van der Waals surface area contributed by atoms with E-state index in [9.17, 15) is 0 Å². The molecule has 4 heteroatoms. The van der Waals surface area contributed by atoms with E-state index < -0.39 is 0 Å². The summed E-state index contributed by atoms with van der Waals surface area (Å²) in [6.45, 7) is 2.98. The molecule has 0 aromatic heterocycles. The van der Waals surface area contributed by atoms with Gasteiger partial charge in [0.25, 0.3) is 0 Å². The maximum absolute atomic E-state index is 5.08. The Balaban J connectivity index is -0.000000845. The van der Waals surface area contributed by atoms with Crippen LogP contribution in [0, 0.1) is 0 Å². The van der Waals surface area contributed by atoms with Crippen LogP contribution in [0.4, 0.5) is 0 Å². The van der Waals surface area contributed by atoms with E-state index in [1.165, 1.54) is 44.9 Å². The van der Waals surface area contributed by atoms with Gasteiger partial charge in [-0.05, 0) is 18.6 Å². The van der Waals surface area contributed by atoms with E-state index in [-0.39, 0.29) is 52.8 Å². The maximum Gasteiger partial charge on any atom is 1.00 e. The predicted octanol–water partition coefficient (Wildman–Crippen LogP) is 1.47. The molecule has 0 radical (unpaired) electrons. The maximum atomic E-state index is 5.08. The molecule has 0 bridgehead atoms. The van der Waals surface area contributed by atoms with Gasteiger partial charge >= 0.3 is 51.4 Å². The van der Waals surface area contributed by atoms with Gasteiger partial charge in [-0.15, -0.1) is 0 Å². The van der Waals surface area contributed by atoms with Crippen molar-refractivity contribution < 1.29 is 57.5 Å². The molecule has 0 atom stereocenters. The SMILES string of the molecule is CCCCCCCCCCOC(=S)S.[H-].[K+]. The first kappa shape index (κ1) is 19.2. The van der Waals surface area contributed by atoms with Crippen LogP contribution in [-0.4, -0.2) is 11.0 Å². The van der Waals surface area contributed by atoms with Crippen molar-refractivity contribution in [2.75, 3.05) is 6.61 Å². The van der Waals surface area contributed by atoms with Crippen molar-refractivity contribution in [1.29, 1.82) is 0 Å². The molecule has 0 spiro atoms. The molecular formula is C11H23KOS2. The van der Waals surface area contributed by atoms with Gasteiger partial charge in [-0.1, -0.05) is 64.5 Å². The summed E-state index contributed by atoms with van der Waals surface area (Å²) < 4.78 is 5.45.